The van der Waals surface area contributed by atoms with E-state index in [1.54, 1.807) is 19.9 Å². The molecule has 8 rings (SSSR count). The number of anilines is 6. The summed E-state index contributed by atoms with van der Waals surface area (Å²) in [6, 6.07) is 24.0. The highest BCUT2D eigenvalue weighted by Crippen LogP contribution is 2.40. The second kappa shape index (κ2) is 23.1. The molecule has 34 heteroatoms. The van der Waals surface area contributed by atoms with Crippen LogP contribution >= 0.6 is 0 Å². The summed E-state index contributed by atoms with van der Waals surface area (Å²) in [6.45, 7) is 7.14. The van der Waals surface area contributed by atoms with Crippen molar-refractivity contribution < 1.29 is 103 Å². The second-order valence-corrected chi connectivity index (χ2v) is 26.9. The first-order valence-corrected chi connectivity index (χ1v) is 32.4. The first kappa shape index (κ1) is 63.0. The number of carbonyl (C=O) groups excluding carboxylic acids is 4. The van der Waals surface area contributed by atoms with E-state index >= 15 is 0 Å². The summed E-state index contributed by atoms with van der Waals surface area (Å²) in [5, 5.41) is 12.7. The van der Waals surface area contributed by atoms with Crippen LogP contribution in [0.2, 0.25) is 0 Å². The summed E-state index contributed by atoms with van der Waals surface area (Å²) in [5.41, 5.74) is 0.735. The quantitative estimate of drug-likeness (QED) is 0.0380. The third-order valence-corrected chi connectivity index (χ3v) is 17.9. The molecule has 0 heterocycles. The Kier molecular flexibility index (Phi) is 16.9. The van der Waals surface area contributed by atoms with Crippen molar-refractivity contribution >= 4 is 146 Å². The standard InChI is InChI=1S/C52H42N6O22S6.4H2/c1-26-10-12-29(28(3)53-39-14-16-43(83(69,70)71)37-22-35(81(63,64)65)24-45(47(37)39)85(75,76)77)20-41(26)57-49(59)30-6-4-8-33(18-30)54-52(62)55-34-9-5-7-31(19-34)50(60)58-42-21-32(13-11-27(42)2)51(61)56-40-15-17-44(84(72,73)74)38-23-36(82(66,67)68)25-46(48(38)40)86(78,79)80;;;;/h4-25,53H,3H2,1-2H3,(H,56,61)(H,57,59)(H,58,60)(H2,54,55,62)(H,63,64,65)(H,66,67,68)(H,69,70,71)(H,72,73,74)(H,75,76,77)(H,78,79,80);4*1H. The average Bonchev–Trinajstić information content (AvgIpc) is 0.772. The predicted molar refractivity (Wildman–Crippen MR) is 320 cm³/mol. The normalized spacial score (nSPS) is 12.3. The molecule has 0 radical (unpaired) electrons. The van der Waals surface area contributed by atoms with E-state index in [2.05, 4.69) is 38.5 Å². The number of hydrogen-bond acceptors (Lipinski definition) is 17. The monoisotopic (exact) mass is 1300 g/mol. The average molecular weight is 1300 g/mol. The van der Waals surface area contributed by atoms with E-state index in [9.17, 15) is 97.0 Å². The van der Waals surface area contributed by atoms with Crippen LogP contribution in [-0.2, 0) is 60.7 Å². The van der Waals surface area contributed by atoms with Crippen molar-refractivity contribution in [3.8, 4) is 0 Å². The molecule has 0 aliphatic heterocycles. The number of carbonyl (C=O) groups is 4. The number of fused-ring (bicyclic) bond motifs is 2. The number of hydrogen-bond donors (Lipinski definition) is 12. The van der Waals surface area contributed by atoms with Crippen LogP contribution in [-0.4, -0.2) is 102 Å². The Balaban J connectivity index is 0.00000432. The van der Waals surface area contributed by atoms with Gasteiger partial charge in [0.2, 0.25) is 0 Å². The lowest BCUT2D eigenvalue weighted by Gasteiger charge is -2.18. The summed E-state index contributed by atoms with van der Waals surface area (Å²) < 4.78 is 207. The maximum atomic E-state index is 13.7. The molecule has 0 aliphatic carbocycles. The number of urea groups is 1. The van der Waals surface area contributed by atoms with Crippen LogP contribution in [0.5, 0.6) is 0 Å². The van der Waals surface area contributed by atoms with E-state index in [0.29, 0.717) is 41.5 Å². The first-order chi connectivity index (χ1) is 39.8. The Hall–Kier alpha value is -9.04. The molecule has 0 aliphatic rings. The number of rotatable bonds is 17. The van der Waals surface area contributed by atoms with Crippen molar-refractivity contribution in [2.75, 3.05) is 31.9 Å². The molecule has 8 aromatic rings. The molecule has 8 aromatic carbocycles. The molecule has 456 valence electrons. The van der Waals surface area contributed by atoms with Gasteiger partial charge >= 0.3 is 6.03 Å². The third-order valence-electron chi connectivity index (χ3n) is 12.6. The molecule has 0 saturated carbocycles. The van der Waals surface area contributed by atoms with Crippen LogP contribution in [0, 0.1) is 13.8 Å². The summed E-state index contributed by atoms with van der Waals surface area (Å²) in [5.74, 6) is -2.44. The van der Waals surface area contributed by atoms with Crippen LogP contribution in [0.1, 0.15) is 53.5 Å². The van der Waals surface area contributed by atoms with Crippen molar-refractivity contribution in [2.24, 2.45) is 0 Å². The summed E-state index contributed by atoms with van der Waals surface area (Å²) in [7, 11) is -31.7. The van der Waals surface area contributed by atoms with Crippen molar-refractivity contribution in [1.82, 2.24) is 0 Å². The maximum Gasteiger partial charge on any atom is 0.323 e. The summed E-state index contributed by atoms with van der Waals surface area (Å²) in [4.78, 5) is 47.5. The van der Waals surface area contributed by atoms with E-state index in [1.165, 1.54) is 78.9 Å². The zero-order chi connectivity index (χ0) is 63.4. The molecular weight excluding hydrogens is 1250 g/mol. The van der Waals surface area contributed by atoms with Crippen molar-refractivity contribution in [3.63, 3.8) is 0 Å². The van der Waals surface area contributed by atoms with Crippen LogP contribution in [0.15, 0.2) is 169 Å². The van der Waals surface area contributed by atoms with Gasteiger partial charge in [-0.05, 0) is 134 Å². The molecule has 0 saturated heterocycles. The van der Waals surface area contributed by atoms with E-state index < -0.39 is 141 Å². The lowest BCUT2D eigenvalue weighted by Crippen LogP contribution is -2.20. The summed E-state index contributed by atoms with van der Waals surface area (Å²) in [6.07, 6.45) is 0. The van der Waals surface area contributed by atoms with E-state index in [-0.39, 0.29) is 62.1 Å². The molecule has 5 amide bonds. The van der Waals surface area contributed by atoms with Gasteiger partial charge in [-0.25, -0.2) is 4.79 Å². The Morgan fingerprint density at radius 2 is 0.709 bits per heavy atom. The number of benzene rings is 8. The minimum Gasteiger partial charge on any atom is -0.355 e. The smallest absolute Gasteiger partial charge is 0.323 e. The molecule has 0 aromatic heterocycles. The minimum absolute atomic E-state index is 0. The molecule has 0 unspecified atom stereocenters. The van der Waals surface area contributed by atoms with Crippen LogP contribution in [0.4, 0.5) is 38.9 Å². The molecule has 28 nitrogen and oxygen atoms in total. The highest BCUT2D eigenvalue weighted by Gasteiger charge is 2.30. The molecule has 86 heavy (non-hydrogen) atoms. The first-order valence-electron chi connectivity index (χ1n) is 23.7. The van der Waals surface area contributed by atoms with Gasteiger partial charge in [0, 0.05) is 78.1 Å². The van der Waals surface area contributed by atoms with E-state index in [4.69, 9.17) is 0 Å². The highest BCUT2D eigenvalue weighted by molar-refractivity contribution is 7.88. The second-order valence-electron chi connectivity index (χ2n) is 18.5. The van der Waals surface area contributed by atoms with E-state index in [1.807, 2.05) is 0 Å². The van der Waals surface area contributed by atoms with Gasteiger partial charge in [0.25, 0.3) is 78.4 Å². The molecule has 0 bridgehead atoms. The van der Waals surface area contributed by atoms with Crippen molar-refractivity contribution in [2.45, 2.75) is 43.2 Å². The fourth-order valence-corrected chi connectivity index (χ4v) is 12.7. The van der Waals surface area contributed by atoms with Gasteiger partial charge in [0.15, 0.2) is 0 Å². The van der Waals surface area contributed by atoms with Gasteiger partial charge in [-0.2, -0.15) is 50.5 Å². The van der Waals surface area contributed by atoms with Gasteiger partial charge in [-0.3, -0.25) is 41.7 Å². The van der Waals surface area contributed by atoms with Crippen molar-refractivity contribution in [3.05, 3.63) is 173 Å². The fraction of sp³-hybridized carbons (Fsp3) is 0.0385. The third kappa shape index (κ3) is 14.0. The number of aryl methyl sites for hydroxylation is 2. The lowest BCUT2D eigenvalue weighted by atomic mass is 10.1. The van der Waals surface area contributed by atoms with Gasteiger partial charge < -0.3 is 31.9 Å². The number of amides is 5. The van der Waals surface area contributed by atoms with Gasteiger partial charge in [0.1, 0.15) is 19.6 Å². The highest BCUT2D eigenvalue weighted by atomic mass is 32.2. The van der Waals surface area contributed by atoms with Crippen molar-refractivity contribution in [1.29, 1.82) is 0 Å². The largest absolute Gasteiger partial charge is 0.355 e. The Morgan fingerprint density at radius 3 is 1.09 bits per heavy atom. The van der Waals surface area contributed by atoms with Crippen LogP contribution < -0.4 is 31.9 Å². The molecule has 12 N–H and O–H groups in total. The van der Waals surface area contributed by atoms with Crippen LogP contribution in [0.25, 0.3) is 27.2 Å². The predicted octanol–water partition coefficient (Wildman–Crippen LogP) is 8.56. The number of nitrogens with one attached hydrogen (secondary N) is 6. The fourth-order valence-electron chi connectivity index (χ4n) is 8.58. The Labute approximate surface area is 494 Å². The van der Waals surface area contributed by atoms with Gasteiger partial charge in [-0.1, -0.05) is 36.9 Å². The lowest BCUT2D eigenvalue weighted by molar-refractivity contribution is 0.101. The molecule has 0 fully saturated rings. The van der Waals surface area contributed by atoms with Gasteiger partial charge in [-0.15, -0.1) is 0 Å². The molecule has 0 atom stereocenters. The topological polar surface area (TPSA) is 467 Å². The Bertz CT molecular complexity index is 4730. The van der Waals surface area contributed by atoms with Crippen LogP contribution in [0.3, 0.4) is 0 Å². The SMILES string of the molecule is C=C(Nc1ccc(S(=O)(=O)O)c2cc(S(=O)(=O)O)cc(S(=O)(=O)O)c12)c1ccc(C)c(NC(=O)c2cccc(NC(=O)Nc3cccc(C(=O)Nc4cc(C(=O)Nc5ccc(S(=O)(=O)O)c6cc(S(=O)(=O)O)cc(S(=O)(=O)O)c56)ccc4C)c3)c2)c1.[HH].[HH].[HH].[HH]. The summed E-state index contributed by atoms with van der Waals surface area (Å²) >= 11 is 0. The zero-order valence-corrected chi connectivity index (χ0v) is 48.5. The molecule has 0 spiro atoms. The Morgan fingerprint density at radius 1 is 0.360 bits per heavy atom. The van der Waals surface area contributed by atoms with Gasteiger partial charge in [0.05, 0.1) is 15.5 Å². The zero-order valence-electron chi connectivity index (χ0n) is 43.6. The minimum atomic E-state index is -5.44. The molecular formula is C52H50N6O22S6. The maximum absolute atomic E-state index is 13.7. The van der Waals surface area contributed by atoms with E-state index in [0.717, 1.165) is 18.2 Å².